The van der Waals surface area contributed by atoms with E-state index in [1.807, 2.05) is 0 Å². The summed E-state index contributed by atoms with van der Waals surface area (Å²) in [5, 5.41) is 3.44. The van der Waals surface area contributed by atoms with Crippen LogP contribution in [-0.2, 0) is 4.79 Å². The van der Waals surface area contributed by atoms with Crippen LogP contribution in [0.4, 0.5) is 0 Å². The van der Waals surface area contributed by atoms with Crippen LogP contribution in [-0.4, -0.2) is 60.5 Å². The highest BCUT2D eigenvalue weighted by atomic mass is 16.2. The van der Waals surface area contributed by atoms with Crippen LogP contribution in [0, 0.1) is 5.92 Å². The molecule has 4 nitrogen and oxygen atoms in total. The molecule has 0 bridgehead atoms. The van der Waals surface area contributed by atoms with E-state index >= 15 is 0 Å². The highest BCUT2D eigenvalue weighted by Crippen LogP contribution is 2.25. The second kappa shape index (κ2) is 7.10. The van der Waals surface area contributed by atoms with Crippen LogP contribution in [0.3, 0.4) is 0 Å². The minimum atomic E-state index is 0.266. The molecule has 0 aromatic carbocycles. The Morgan fingerprint density at radius 2 is 1.71 bits per heavy atom. The molecule has 1 amide bonds. The molecule has 2 saturated heterocycles. The van der Waals surface area contributed by atoms with Gasteiger partial charge in [0.2, 0.25) is 5.91 Å². The molecule has 3 aliphatic rings. The quantitative estimate of drug-likeness (QED) is 0.844. The molecule has 1 N–H and O–H groups in total. The Balaban J connectivity index is 1.47. The third-order valence-electron chi connectivity index (χ3n) is 5.69. The number of amides is 1. The Kier molecular flexibility index (Phi) is 5.17. The summed E-state index contributed by atoms with van der Waals surface area (Å²) in [5.74, 6) is 0.689. The van der Waals surface area contributed by atoms with E-state index < -0.39 is 0 Å². The standard InChI is InChI=1S/C17H31N3O/c1-14-13-15(7-8-18-14)17(21)20-11-9-19(10-12-20)16-5-3-2-4-6-16/h14-16,18H,2-13H2,1H3/t14-,15-/m0/s1. The predicted octanol–water partition coefficient (Wildman–Crippen LogP) is 1.85. The van der Waals surface area contributed by atoms with Gasteiger partial charge < -0.3 is 10.2 Å². The van der Waals surface area contributed by atoms with Gasteiger partial charge in [0, 0.05) is 44.2 Å². The first kappa shape index (κ1) is 15.3. The van der Waals surface area contributed by atoms with E-state index in [9.17, 15) is 4.79 Å². The Morgan fingerprint density at radius 3 is 2.38 bits per heavy atom. The maximum atomic E-state index is 12.7. The molecule has 21 heavy (non-hydrogen) atoms. The van der Waals surface area contributed by atoms with E-state index in [0.29, 0.717) is 11.9 Å². The first-order valence-electron chi connectivity index (χ1n) is 9.00. The molecular formula is C17H31N3O. The Bertz CT molecular complexity index is 346. The first-order chi connectivity index (χ1) is 10.2. The summed E-state index contributed by atoms with van der Waals surface area (Å²) < 4.78 is 0. The lowest BCUT2D eigenvalue weighted by Gasteiger charge is -2.42. The average molecular weight is 293 g/mol. The van der Waals surface area contributed by atoms with Crippen LogP contribution >= 0.6 is 0 Å². The van der Waals surface area contributed by atoms with Crippen molar-refractivity contribution in [1.82, 2.24) is 15.1 Å². The van der Waals surface area contributed by atoms with Crippen molar-refractivity contribution in [3.8, 4) is 0 Å². The molecule has 3 fully saturated rings. The highest BCUT2D eigenvalue weighted by Gasteiger charge is 2.32. The minimum absolute atomic E-state index is 0.266. The van der Waals surface area contributed by atoms with Gasteiger partial charge in [-0.15, -0.1) is 0 Å². The number of rotatable bonds is 2. The molecule has 3 rings (SSSR count). The van der Waals surface area contributed by atoms with Gasteiger partial charge in [-0.25, -0.2) is 0 Å². The van der Waals surface area contributed by atoms with Crippen molar-refractivity contribution in [2.24, 2.45) is 5.92 Å². The number of carbonyl (C=O) groups is 1. The highest BCUT2D eigenvalue weighted by molar-refractivity contribution is 5.79. The number of hydrogen-bond donors (Lipinski definition) is 1. The Morgan fingerprint density at radius 1 is 1.00 bits per heavy atom. The van der Waals surface area contributed by atoms with Crippen molar-refractivity contribution >= 4 is 5.91 Å². The van der Waals surface area contributed by atoms with Crippen molar-refractivity contribution in [1.29, 1.82) is 0 Å². The Labute approximate surface area is 129 Å². The van der Waals surface area contributed by atoms with E-state index in [2.05, 4.69) is 22.0 Å². The molecule has 2 heterocycles. The molecule has 2 atom stereocenters. The van der Waals surface area contributed by atoms with Crippen LogP contribution in [0.15, 0.2) is 0 Å². The van der Waals surface area contributed by atoms with Crippen molar-refractivity contribution in [2.45, 2.75) is 64.0 Å². The third-order valence-corrected chi connectivity index (χ3v) is 5.69. The number of carbonyl (C=O) groups excluding carboxylic acids is 1. The van der Waals surface area contributed by atoms with Gasteiger partial charge in [-0.3, -0.25) is 9.69 Å². The summed E-state index contributed by atoms with van der Waals surface area (Å²) in [5.41, 5.74) is 0. The van der Waals surface area contributed by atoms with Crippen LogP contribution in [0.25, 0.3) is 0 Å². The SMILES string of the molecule is C[C@H]1C[C@@H](C(=O)N2CCN(C3CCCCC3)CC2)CCN1. The van der Waals surface area contributed by atoms with Gasteiger partial charge >= 0.3 is 0 Å². The monoisotopic (exact) mass is 293 g/mol. The van der Waals surface area contributed by atoms with Gasteiger partial charge in [0.1, 0.15) is 0 Å². The van der Waals surface area contributed by atoms with Gasteiger partial charge in [-0.05, 0) is 39.2 Å². The van der Waals surface area contributed by atoms with Crippen molar-refractivity contribution in [3.63, 3.8) is 0 Å². The molecule has 0 spiro atoms. The first-order valence-corrected chi connectivity index (χ1v) is 9.00. The molecule has 1 saturated carbocycles. The maximum absolute atomic E-state index is 12.7. The number of piperazine rings is 1. The molecule has 2 aliphatic heterocycles. The van der Waals surface area contributed by atoms with Gasteiger partial charge in [0.05, 0.1) is 0 Å². The van der Waals surface area contributed by atoms with Crippen LogP contribution < -0.4 is 5.32 Å². The van der Waals surface area contributed by atoms with Crippen LogP contribution in [0.5, 0.6) is 0 Å². The molecule has 120 valence electrons. The molecule has 0 unspecified atom stereocenters. The summed E-state index contributed by atoms with van der Waals surface area (Å²) in [6, 6.07) is 1.30. The number of hydrogen-bond acceptors (Lipinski definition) is 3. The lowest BCUT2D eigenvalue weighted by molar-refractivity contribution is -0.138. The van der Waals surface area contributed by atoms with E-state index in [1.54, 1.807) is 0 Å². The number of nitrogens with zero attached hydrogens (tertiary/aromatic N) is 2. The molecule has 0 aromatic heterocycles. The second-order valence-corrected chi connectivity index (χ2v) is 7.23. The second-order valence-electron chi connectivity index (χ2n) is 7.23. The third kappa shape index (κ3) is 3.78. The summed E-state index contributed by atoms with van der Waals surface area (Å²) in [6.07, 6.45) is 9.00. The van der Waals surface area contributed by atoms with Crippen LogP contribution in [0.1, 0.15) is 51.9 Å². The van der Waals surface area contributed by atoms with Gasteiger partial charge in [0.15, 0.2) is 0 Å². The van der Waals surface area contributed by atoms with Gasteiger partial charge in [0.25, 0.3) is 0 Å². The van der Waals surface area contributed by atoms with E-state index in [-0.39, 0.29) is 5.92 Å². The zero-order chi connectivity index (χ0) is 14.7. The molecular weight excluding hydrogens is 262 g/mol. The lowest BCUT2D eigenvalue weighted by atomic mass is 9.91. The summed E-state index contributed by atoms with van der Waals surface area (Å²) >= 11 is 0. The lowest BCUT2D eigenvalue weighted by Crippen LogP contribution is -2.54. The van der Waals surface area contributed by atoms with Crippen molar-refractivity contribution < 1.29 is 4.79 Å². The minimum Gasteiger partial charge on any atom is -0.340 e. The molecule has 0 radical (unpaired) electrons. The normalized spacial score (nSPS) is 33.1. The average Bonchev–Trinajstić information content (AvgIpc) is 2.55. The summed E-state index contributed by atoms with van der Waals surface area (Å²) in [4.78, 5) is 17.4. The fourth-order valence-corrected chi connectivity index (χ4v) is 4.37. The van der Waals surface area contributed by atoms with Gasteiger partial charge in [-0.2, -0.15) is 0 Å². The van der Waals surface area contributed by atoms with E-state index in [1.165, 1.54) is 32.1 Å². The molecule has 0 aromatic rings. The van der Waals surface area contributed by atoms with Gasteiger partial charge in [-0.1, -0.05) is 19.3 Å². The maximum Gasteiger partial charge on any atom is 0.225 e. The van der Waals surface area contributed by atoms with E-state index in [4.69, 9.17) is 0 Å². The zero-order valence-electron chi connectivity index (χ0n) is 13.5. The fourth-order valence-electron chi connectivity index (χ4n) is 4.37. The largest absolute Gasteiger partial charge is 0.340 e. The predicted molar refractivity (Wildman–Crippen MR) is 85.2 cm³/mol. The summed E-state index contributed by atoms with van der Waals surface area (Å²) in [7, 11) is 0. The number of nitrogens with one attached hydrogen (secondary N) is 1. The topological polar surface area (TPSA) is 35.6 Å². The zero-order valence-corrected chi connectivity index (χ0v) is 13.5. The van der Waals surface area contributed by atoms with Crippen molar-refractivity contribution in [3.05, 3.63) is 0 Å². The molecule has 1 aliphatic carbocycles. The number of piperidine rings is 1. The smallest absolute Gasteiger partial charge is 0.225 e. The molecule has 4 heteroatoms. The summed E-state index contributed by atoms with van der Waals surface area (Å²) in [6.45, 7) is 7.29. The van der Waals surface area contributed by atoms with E-state index in [0.717, 1.165) is 51.6 Å². The van der Waals surface area contributed by atoms with Crippen LogP contribution in [0.2, 0.25) is 0 Å². The van der Waals surface area contributed by atoms with Crippen molar-refractivity contribution in [2.75, 3.05) is 32.7 Å². The Hall–Kier alpha value is -0.610. The fraction of sp³-hybridized carbons (Fsp3) is 0.941.